The van der Waals surface area contributed by atoms with Crippen molar-refractivity contribution in [3.05, 3.63) is 24.3 Å². The van der Waals surface area contributed by atoms with Crippen molar-refractivity contribution in [2.75, 3.05) is 0 Å². The van der Waals surface area contributed by atoms with E-state index in [0.29, 0.717) is 29.5 Å². The van der Waals surface area contributed by atoms with Crippen molar-refractivity contribution in [2.45, 2.75) is 12.8 Å². The van der Waals surface area contributed by atoms with Crippen molar-refractivity contribution < 1.29 is 4.79 Å². The van der Waals surface area contributed by atoms with Gasteiger partial charge >= 0.3 is 0 Å². The summed E-state index contributed by atoms with van der Waals surface area (Å²) in [4.78, 5) is 11.6. The Morgan fingerprint density at radius 1 is 1.33 bits per heavy atom. The Kier molecular flexibility index (Phi) is 1.05. The first-order chi connectivity index (χ1) is 5.77. The molecule has 4 unspecified atom stereocenters. The fraction of sp³-hybridized carbons (Fsp3) is 0.545. The van der Waals surface area contributed by atoms with E-state index in [2.05, 4.69) is 18.7 Å². The van der Waals surface area contributed by atoms with Gasteiger partial charge in [0, 0.05) is 5.92 Å². The third kappa shape index (κ3) is 0.588. The molecule has 2 saturated carbocycles. The van der Waals surface area contributed by atoms with Gasteiger partial charge in [0.25, 0.3) is 0 Å². The van der Waals surface area contributed by atoms with Crippen LogP contribution in [0.2, 0.25) is 0 Å². The lowest BCUT2D eigenvalue weighted by molar-refractivity contribution is -0.118. The number of allylic oxidation sites excluding steroid dienone is 3. The maximum absolute atomic E-state index is 11.6. The van der Waals surface area contributed by atoms with Crippen molar-refractivity contribution in [3.63, 3.8) is 0 Å². The molecule has 1 nitrogen and oxygen atoms in total. The Labute approximate surface area is 72.2 Å². The molecule has 2 fully saturated rings. The Morgan fingerprint density at radius 2 is 2.08 bits per heavy atom. The third-order valence-corrected chi connectivity index (χ3v) is 3.76. The average molecular weight is 160 g/mol. The summed E-state index contributed by atoms with van der Waals surface area (Å²) in [6.07, 6.45) is 6.74. The molecule has 1 heteroatoms. The summed E-state index contributed by atoms with van der Waals surface area (Å²) in [7, 11) is 0. The normalized spacial score (nSPS) is 49.0. The second-order valence-electron chi connectivity index (χ2n) is 4.31. The monoisotopic (exact) mass is 160 g/mol. The van der Waals surface area contributed by atoms with Gasteiger partial charge in [0.05, 0.1) is 0 Å². The summed E-state index contributed by atoms with van der Waals surface area (Å²) in [6.45, 7) is 3.84. The van der Waals surface area contributed by atoms with Crippen LogP contribution >= 0.6 is 0 Å². The van der Waals surface area contributed by atoms with E-state index in [9.17, 15) is 4.79 Å². The predicted molar refractivity (Wildman–Crippen MR) is 46.5 cm³/mol. The maximum atomic E-state index is 11.6. The van der Waals surface area contributed by atoms with Gasteiger partial charge in [-0.2, -0.15) is 0 Å². The summed E-state index contributed by atoms with van der Waals surface area (Å²) in [6, 6.07) is 0. The summed E-state index contributed by atoms with van der Waals surface area (Å²) in [5.41, 5.74) is 0.878. The van der Waals surface area contributed by atoms with E-state index in [1.807, 2.05) is 0 Å². The molecule has 0 spiro atoms. The van der Waals surface area contributed by atoms with E-state index in [4.69, 9.17) is 0 Å². The largest absolute Gasteiger partial charge is 0.294 e. The van der Waals surface area contributed by atoms with Crippen LogP contribution in [0.15, 0.2) is 24.3 Å². The molecule has 0 aromatic rings. The van der Waals surface area contributed by atoms with Gasteiger partial charge in [0.15, 0.2) is 5.78 Å². The number of hydrogen-bond acceptors (Lipinski definition) is 1. The molecule has 3 aliphatic carbocycles. The number of Topliss-reactive ketones (excluding diaryl/α,β-unsaturated/α-hetero) is 1. The lowest BCUT2D eigenvalue weighted by Gasteiger charge is -2.17. The molecule has 4 atom stereocenters. The number of fused-ring (bicyclic) bond motifs is 5. The SMILES string of the molecule is C=C1CC2C3C=CC(C3)C2C1=O. The van der Waals surface area contributed by atoms with Crippen molar-refractivity contribution in [2.24, 2.45) is 23.7 Å². The molecule has 3 aliphatic rings. The van der Waals surface area contributed by atoms with Crippen molar-refractivity contribution >= 4 is 5.78 Å². The van der Waals surface area contributed by atoms with E-state index in [-0.39, 0.29) is 0 Å². The summed E-state index contributed by atoms with van der Waals surface area (Å²) >= 11 is 0. The highest BCUT2D eigenvalue weighted by Crippen LogP contribution is 2.54. The second-order valence-corrected chi connectivity index (χ2v) is 4.31. The quantitative estimate of drug-likeness (QED) is 0.391. The Bertz CT molecular complexity index is 300. The molecular weight excluding hydrogens is 148 g/mol. The zero-order chi connectivity index (χ0) is 8.29. The van der Waals surface area contributed by atoms with E-state index in [1.54, 1.807) is 0 Å². The minimum absolute atomic E-state index is 0.326. The molecule has 0 aromatic heterocycles. The molecule has 0 aromatic carbocycles. The van der Waals surface area contributed by atoms with E-state index < -0.39 is 0 Å². The highest BCUT2D eigenvalue weighted by atomic mass is 16.1. The minimum Gasteiger partial charge on any atom is -0.294 e. The molecule has 2 bridgehead atoms. The third-order valence-electron chi connectivity index (χ3n) is 3.76. The fourth-order valence-corrected chi connectivity index (χ4v) is 3.21. The van der Waals surface area contributed by atoms with E-state index >= 15 is 0 Å². The van der Waals surface area contributed by atoms with Crippen LogP contribution in [-0.4, -0.2) is 5.78 Å². The standard InChI is InChI=1S/C11H12O/c1-6-4-9-7-2-3-8(5-7)10(9)11(6)12/h2-3,7-10H,1,4-5H2. The predicted octanol–water partition coefficient (Wildman–Crippen LogP) is 1.95. The summed E-state index contributed by atoms with van der Waals surface area (Å²) < 4.78 is 0. The Balaban J connectivity index is 2.05. The number of rotatable bonds is 0. The van der Waals surface area contributed by atoms with Crippen LogP contribution in [0.5, 0.6) is 0 Å². The molecule has 12 heavy (non-hydrogen) atoms. The molecule has 3 rings (SSSR count). The van der Waals surface area contributed by atoms with E-state index in [0.717, 1.165) is 12.0 Å². The van der Waals surface area contributed by atoms with Crippen molar-refractivity contribution in [3.8, 4) is 0 Å². The Hall–Kier alpha value is -0.850. The van der Waals surface area contributed by atoms with Crippen molar-refractivity contribution in [1.29, 1.82) is 0 Å². The van der Waals surface area contributed by atoms with Crippen LogP contribution in [-0.2, 0) is 4.79 Å². The minimum atomic E-state index is 0.326. The highest BCUT2D eigenvalue weighted by Gasteiger charge is 2.52. The van der Waals surface area contributed by atoms with Gasteiger partial charge < -0.3 is 0 Å². The van der Waals surface area contributed by atoms with Gasteiger partial charge in [-0.3, -0.25) is 4.79 Å². The second kappa shape index (κ2) is 1.90. The van der Waals surface area contributed by atoms with Crippen LogP contribution in [0.1, 0.15) is 12.8 Å². The van der Waals surface area contributed by atoms with E-state index in [1.165, 1.54) is 6.42 Å². The number of ketones is 1. The van der Waals surface area contributed by atoms with Crippen LogP contribution in [0.4, 0.5) is 0 Å². The molecule has 62 valence electrons. The van der Waals surface area contributed by atoms with Crippen LogP contribution in [0.3, 0.4) is 0 Å². The van der Waals surface area contributed by atoms with Gasteiger partial charge in [-0.05, 0) is 36.2 Å². The van der Waals surface area contributed by atoms with Crippen LogP contribution in [0, 0.1) is 23.7 Å². The zero-order valence-corrected chi connectivity index (χ0v) is 6.99. The molecule has 0 radical (unpaired) electrons. The zero-order valence-electron chi connectivity index (χ0n) is 6.99. The van der Waals surface area contributed by atoms with Gasteiger partial charge in [-0.25, -0.2) is 0 Å². The number of carbonyl (C=O) groups excluding carboxylic acids is 1. The van der Waals surface area contributed by atoms with Crippen LogP contribution in [0.25, 0.3) is 0 Å². The first-order valence-corrected chi connectivity index (χ1v) is 4.67. The van der Waals surface area contributed by atoms with Gasteiger partial charge in [-0.1, -0.05) is 18.7 Å². The topological polar surface area (TPSA) is 17.1 Å². The molecule has 0 amide bonds. The first kappa shape index (κ1) is 6.64. The molecule has 0 saturated heterocycles. The average Bonchev–Trinajstić information content (AvgIpc) is 2.66. The number of hydrogen-bond donors (Lipinski definition) is 0. The highest BCUT2D eigenvalue weighted by molar-refractivity contribution is 6.00. The van der Waals surface area contributed by atoms with Gasteiger partial charge in [-0.15, -0.1) is 0 Å². The summed E-state index contributed by atoms with van der Waals surface area (Å²) in [5, 5.41) is 0. The molecular formula is C11H12O. The Morgan fingerprint density at radius 3 is 2.83 bits per heavy atom. The number of carbonyl (C=O) groups is 1. The smallest absolute Gasteiger partial charge is 0.162 e. The first-order valence-electron chi connectivity index (χ1n) is 4.67. The summed E-state index contributed by atoms with van der Waals surface area (Å²) in [5.74, 6) is 2.57. The molecule has 0 N–H and O–H groups in total. The van der Waals surface area contributed by atoms with Crippen molar-refractivity contribution in [1.82, 2.24) is 0 Å². The lowest BCUT2D eigenvalue weighted by atomic mass is 9.86. The molecule has 0 heterocycles. The van der Waals surface area contributed by atoms with Crippen LogP contribution < -0.4 is 0 Å². The maximum Gasteiger partial charge on any atom is 0.162 e. The van der Waals surface area contributed by atoms with Gasteiger partial charge in [0.2, 0.25) is 0 Å². The lowest BCUT2D eigenvalue weighted by Crippen LogP contribution is -2.19. The fourth-order valence-electron chi connectivity index (χ4n) is 3.21. The van der Waals surface area contributed by atoms with Gasteiger partial charge in [0.1, 0.15) is 0 Å². The molecule has 0 aliphatic heterocycles.